The van der Waals surface area contributed by atoms with E-state index in [4.69, 9.17) is 16.3 Å². The van der Waals surface area contributed by atoms with Crippen molar-refractivity contribution in [3.8, 4) is 5.75 Å². The maximum Gasteiger partial charge on any atom is 0.274 e. The smallest absolute Gasteiger partial charge is 0.274 e. The SMILES string of the molecule is COc1cccc(NC(=O)c2cccc(C(=O)Nc3ccc(F)c(Cl)c3)n2)c1. The van der Waals surface area contributed by atoms with E-state index in [2.05, 4.69) is 15.6 Å². The molecule has 0 fully saturated rings. The molecule has 0 bridgehead atoms. The van der Waals surface area contributed by atoms with Gasteiger partial charge >= 0.3 is 0 Å². The molecule has 28 heavy (non-hydrogen) atoms. The molecule has 1 aromatic heterocycles. The molecule has 2 aromatic carbocycles. The number of amides is 2. The summed E-state index contributed by atoms with van der Waals surface area (Å²) in [5.41, 5.74) is 0.928. The topological polar surface area (TPSA) is 80.3 Å². The highest BCUT2D eigenvalue weighted by Gasteiger charge is 2.14. The second kappa shape index (κ2) is 8.49. The summed E-state index contributed by atoms with van der Waals surface area (Å²) in [7, 11) is 1.53. The van der Waals surface area contributed by atoms with Crippen LogP contribution in [0.3, 0.4) is 0 Å². The molecule has 8 heteroatoms. The van der Waals surface area contributed by atoms with Gasteiger partial charge in [-0.2, -0.15) is 0 Å². The van der Waals surface area contributed by atoms with Crippen LogP contribution < -0.4 is 15.4 Å². The maximum absolute atomic E-state index is 13.2. The van der Waals surface area contributed by atoms with Crippen LogP contribution in [0.2, 0.25) is 5.02 Å². The fourth-order valence-corrected chi connectivity index (χ4v) is 2.53. The average Bonchev–Trinajstić information content (AvgIpc) is 2.71. The summed E-state index contributed by atoms with van der Waals surface area (Å²) in [4.78, 5) is 28.9. The third kappa shape index (κ3) is 4.63. The van der Waals surface area contributed by atoms with E-state index in [1.807, 2.05) is 0 Å². The van der Waals surface area contributed by atoms with Crippen LogP contribution in [0.4, 0.5) is 15.8 Å². The summed E-state index contributed by atoms with van der Waals surface area (Å²) < 4.78 is 18.3. The Morgan fingerprint density at radius 1 is 0.929 bits per heavy atom. The highest BCUT2D eigenvalue weighted by Crippen LogP contribution is 2.20. The molecule has 2 N–H and O–H groups in total. The van der Waals surface area contributed by atoms with Gasteiger partial charge in [-0.05, 0) is 42.5 Å². The summed E-state index contributed by atoms with van der Waals surface area (Å²) in [6, 6.07) is 15.1. The molecular formula is C20H15ClFN3O3. The minimum atomic E-state index is -0.589. The summed E-state index contributed by atoms with van der Waals surface area (Å²) >= 11 is 5.70. The van der Waals surface area contributed by atoms with Gasteiger partial charge in [-0.15, -0.1) is 0 Å². The molecule has 3 aromatic rings. The molecule has 2 amide bonds. The fraction of sp³-hybridized carbons (Fsp3) is 0.0500. The molecule has 0 spiro atoms. The summed E-state index contributed by atoms with van der Waals surface area (Å²) in [6.45, 7) is 0. The Kier molecular flexibility index (Phi) is 5.86. The Balaban J connectivity index is 1.74. The summed E-state index contributed by atoms with van der Waals surface area (Å²) in [6.07, 6.45) is 0. The number of anilines is 2. The summed E-state index contributed by atoms with van der Waals surface area (Å²) in [5.74, 6) is -1.03. The number of hydrogen-bond acceptors (Lipinski definition) is 4. The molecule has 0 aliphatic carbocycles. The summed E-state index contributed by atoms with van der Waals surface area (Å²) in [5, 5.41) is 5.13. The number of hydrogen-bond donors (Lipinski definition) is 2. The predicted octanol–water partition coefficient (Wildman–Crippen LogP) is 4.39. The van der Waals surface area contributed by atoms with Gasteiger partial charge in [0.1, 0.15) is 23.0 Å². The molecule has 0 unspecified atom stereocenters. The molecule has 0 aliphatic heterocycles. The van der Waals surface area contributed by atoms with E-state index < -0.39 is 17.6 Å². The number of nitrogens with one attached hydrogen (secondary N) is 2. The number of benzene rings is 2. The van der Waals surface area contributed by atoms with E-state index >= 15 is 0 Å². The Labute approximate surface area is 165 Å². The lowest BCUT2D eigenvalue weighted by Crippen LogP contribution is -2.18. The molecule has 0 atom stereocenters. The minimum Gasteiger partial charge on any atom is -0.497 e. The van der Waals surface area contributed by atoms with Crippen LogP contribution in [0.5, 0.6) is 5.75 Å². The zero-order valence-corrected chi connectivity index (χ0v) is 15.5. The van der Waals surface area contributed by atoms with Crippen molar-refractivity contribution in [2.75, 3.05) is 17.7 Å². The van der Waals surface area contributed by atoms with Crippen molar-refractivity contribution in [3.63, 3.8) is 0 Å². The van der Waals surface area contributed by atoms with Gasteiger partial charge in [0, 0.05) is 17.4 Å². The van der Waals surface area contributed by atoms with Gasteiger partial charge in [0.25, 0.3) is 11.8 Å². The first-order valence-corrected chi connectivity index (χ1v) is 8.53. The quantitative estimate of drug-likeness (QED) is 0.667. The second-order valence-electron chi connectivity index (χ2n) is 5.68. The van der Waals surface area contributed by atoms with Crippen LogP contribution >= 0.6 is 11.6 Å². The van der Waals surface area contributed by atoms with Crippen LogP contribution in [0.15, 0.2) is 60.7 Å². The molecule has 142 valence electrons. The van der Waals surface area contributed by atoms with Gasteiger partial charge in [0.15, 0.2) is 0 Å². The van der Waals surface area contributed by atoms with Crippen LogP contribution in [-0.4, -0.2) is 23.9 Å². The molecule has 3 rings (SSSR count). The van der Waals surface area contributed by atoms with Crippen molar-refractivity contribution < 1.29 is 18.7 Å². The number of carbonyl (C=O) groups excluding carboxylic acids is 2. The zero-order valence-electron chi connectivity index (χ0n) is 14.7. The average molecular weight is 400 g/mol. The Bertz CT molecular complexity index is 1040. The molecular weight excluding hydrogens is 385 g/mol. The fourth-order valence-electron chi connectivity index (χ4n) is 2.35. The van der Waals surface area contributed by atoms with Gasteiger partial charge in [0.2, 0.25) is 0 Å². The molecule has 6 nitrogen and oxygen atoms in total. The van der Waals surface area contributed by atoms with Gasteiger partial charge < -0.3 is 15.4 Å². The first-order chi connectivity index (χ1) is 13.5. The van der Waals surface area contributed by atoms with Crippen molar-refractivity contribution in [3.05, 3.63) is 82.9 Å². The normalized spacial score (nSPS) is 10.2. The maximum atomic E-state index is 13.2. The van der Waals surface area contributed by atoms with Crippen LogP contribution in [0.25, 0.3) is 0 Å². The van der Waals surface area contributed by atoms with Gasteiger partial charge in [-0.1, -0.05) is 23.7 Å². The number of carbonyl (C=O) groups is 2. The van der Waals surface area contributed by atoms with Crippen LogP contribution in [0.1, 0.15) is 21.0 Å². The number of pyridine rings is 1. The van der Waals surface area contributed by atoms with Crippen LogP contribution in [0, 0.1) is 5.82 Å². The standard InChI is InChI=1S/C20H15ClFN3O3/c1-28-14-5-2-4-12(10-14)23-19(26)17-6-3-7-18(25-17)20(27)24-13-8-9-16(22)15(21)11-13/h2-11H,1H3,(H,23,26)(H,24,27). The lowest BCUT2D eigenvalue weighted by molar-refractivity contribution is 0.101. The van der Waals surface area contributed by atoms with Gasteiger partial charge in [0.05, 0.1) is 12.1 Å². The number of halogens is 2. The highest BCUT2D eigenvalue weighted by molar-refractivity contribution is 6.31. The highest BCUT2D eigenvalue weighted by atomic mass is 35.5. The van der Waals surface area contributed by atoms with E-state index in [0.717, 1.165) is 6.07 Å². The Morgan fingerprint density at radius 3 is 2.14 bits per heavy atom. The van der Waals surface area contributed by atoms with E-state index in [1.54, 1.807) is 30.3 Å². The molecule has 0 saturated carbocycles. The zero-order chi connectivity index (χ0) is 20.1. The van der Waals surface area contributed by atoms with Gasteiger partial charge in [-0.25, -0.2) is 9.37 Å². The third-order valence-electron chi connectivity index (χ3n) is 3.72. The number of methoxy groups -OCH3 is 1. The van der Waals surface area contributed by atoms with Crippen LogP contribution in [-0.2, 0) is 0 Å². The van der Waals surface area contributed by atoms with E-state index in [1.165, 1.54) is 31.4 Å². The third-order valence-corrected chi connectivity index (χ3v) is 4.01. The van der Waals surface area contributed by atoms with E-state index in [0.29, 0.717) is 17.1 Å². The van der Waals surface area contributed by atoms with Gasteiger partial charge in [-0.3, -0.25) is 9.59 Å². The van der Waals surface area contributed by atoms with E-state index in [9.17, 15) is 14.0 Å². The molecule has 1 heterocycles. The number of ether oxygens (including phenoxy) is 1. The lowest BCUT2D eigenvalue weighted by Gasteiger charge is -2.08. The number of rotatable bonds is 5. The van der Waals surface area contributed by atoms with Crippen molar-refractivity contribution in [2.45, 2.75) is 0 Å². The monoisotopic (exact) mass is 399 g/mol. The predicted molar refractivity (Wildman–Crippen MR) is 105 cm³/mol. The number of aromatic nitrogens is 1. The molecule has 0 aliphatic rings. The van der Waals surface area contributed by atoms with Crippen molar-refractivity contribution in [1.29, 1.82) is 0 Å². The van der Waals surface area contributed by atoms with Crippen molar-refractivity contribution in [1.82, 2.24) is 4.98 Å². The first-order valence-electron chi connectivity index (χ1n) is 8.15. The van der Waals surface area contributed by atoms with Crippen molar-refractivity contribution >= 4 is 34.8 Å². The largest absolute Gasteiger partial charge is 0.497 e. The second-order valence-corrected chi connectivity index (χ2v) is 6.08. The number of nitrogens with zero attached hydrogens (tertiary/aromatic N) is 1. The minimum absolute atomic E-state index is 0.0266. The van der Waals surface area contributed by atoms with E-state index in [-0.39, 0.29) is 16.4 Å². The Hall–Kier alpha value is -3.45. The van der Waals surface area contributed by atoms with Crippen molar-refractivity contribution in [2.24, 2.45) is 0 Å². The lowest BCUT2D eigenvalue weighted by atomic mass is 10.2. The molecule has 0 saturated heterocycles. The Morgan fingerprint density at radius 2 is 1.54 bits per heavy atom. The first kappa shape index (κ1) is 19.3. The molecule has 0 radical (unpaired) electrons.